The van der Waals surface area contributed by atoms with Crippen molar-refractivity contribution in [2.75, 3.05) is 56.4 Å². The first-order chi connectivity index (χ1) is 19.9. The number of rotatable bonds is 15. The number of anilines is 2. The third-order valence-corrected chi connectivity index (χ3v) is 7.87. The molecule has 1 amide bonds. The van der Waals surface area contributed by atoms with Gasteiger partial charge in [-0.05, 0) is 47.1 Å². The highest BCUT2D eigenvalue weighted by molar-refractivity contribution is 7.92. The molecule has 10 nitrogen and oxygen atoms in total. The molecule has 3 rings (SSSR count). The molecule has 0 atom stereocenters. The van der Waals surface area contributed by atoms with Crippen molar-refractivity contribution in [2.45, 2.75) is 39.5 Å². The molecular weight excluding hydrogens is 560 g/mol. The maximum atomic E-state index is 13.5. The molecule has 0 heterocycles. The van der Waals surface area contributed by atoms with Crippen LogP contribution in [0.25, 0.3) is 10.8 Å². The van der Waals surface area contributed by atoms with Crippen LogP contribution in [0, 0.1) is 0 Å². The molecule has 42 heavy (non-hydrogen) atoms. The molecule has 0 aliphatic heterocycles. The molecule has 0 aromatic heterocycles. The van der Waals surface area contributed by atoms with Crippen LogP contribution in [0.15, 0.2) is 48.5 Å². The highest BCUT2D eigenvalue weighted by Gasteiger charge is 2.26. The van der Waals surface area contributed by atoms with Crippen molar-refractivity contribution in [3.05, 3.63) is 59.7 Å². The summed E-state index contributed by atoms with van der Waals surface area (Å²) in [6.45, 7) is 9.25. The number of amides is 1. The third kappa shape index (κ3) is 8.43. The van der Waals surface area contributed by atoms with Crippen LogP contribution < -0.4 is 19.5 Å². The van der Waals surface area contributed by atoms with E-state index in [1.165, 1.54) is 7.11 Å². The number of benzene rings is 3. The van der Waals surface area contributed by atoms with E-state index in [1.54, 1.807) is 50.4 Å². The molecule has 0 saturated carbocycles. The highest BCUT2D eigenvalue weighted by atomic mass is 32.2. The predicted molar refractivity (Wildman–Crippen MR) is 164 cm³/mol. The number of ketones is 1. The van der Waals surface area contributed by atoms with Crippen LogP contribution in [0.2, 0.25) is 0 Å². The minimum absolute atomic E-state index is 0.0797. The van der Waals surface area contributed by atoms with Crippen LogP contribution in [0.1, 0.15) is 50.0 Å². The maximum absolute atomic E-state index is 13.5. The summed E-state index contributed by atoms with van der Waals surface area (Å²) in [6.07, 6.45) is 0.425. The summed E-state index contributed by atoms with van der Waals surface area (Å²) >= 11 is 0. The molecule has 11 heteroatoms. The van der Waals surface area contributed by atoms with Gasteiger partial charge in [0.2, 0.25) is 10.0 Å². The van der Waals surface area contributed by atoms with E-state index in [0.717, 1.165) is 5.56 Å². The smallest absolute Gasteiger partial charge is 0.296 e. The fraction of sp³-hybridized carbons (Fsp3) is 0.419. The Bertz CT molecular complexity index is 1510. The standard InChI is InChI=1S/C31H40N2O8S/c1-7-18-42(36,37)33-26-20-21(31(2,3)4)19-25(29(26)39-6)32-30(35)28(34)24-12-13-27(23-11-9-8-10-22(23)24)41-17-16-40-15-14-38-5/h8-13,19-20,33H,7,14-18H2,1-6H3,(H,32,35). The third-order valence-electron chi connectivity index (χ3n) is 6.40. The molecule has 0 saturated heterocycles. The predicted octanol–water partition coefficient (Wildman–Crippen LogP) is 5.16. The van der Waals surface area contributed by atoms with Gasteiger partial charge in [0, 0.05) is 18.1 Å². The Morgan fingerprint density at radius 1 is 0.881 bits per heavy atom. The zero-order valence-electron chi connectivity index (χ0n) is 25.0. The lowest BCUT2D eigenvalue weighted by Gasteiger charge is -2.24. The number of Topliss-reactive ketones (excluding diaryl/α,β-unsaturated/α-hetero) is 1. The summed E-state index contributed by atoms with van der Waals surface area (Å²) in [5.41, 5.74) is 0.885. The molecule has 0 bridgehead atoms. The molecule has 3 aromatic carbocycles. The van der Waals surface area contributed by atoms with Crippen LogP contribution in [-0.2, 0) is 29.7 Å². The summed E-state index contributed by atoms with van der Waals surface area (Å²) < 4.78 is 49.6. The molecule has 0 spiro atoms. The van der Waals surface area contributed by atoms with Gasteiger partial charge < -0.3 is 24.3 Å². The number of hydrogen-bond acceptors (Lipinski definition) is 8. The van der Waals surface area contributed by atoms with Crippen molar-refractivity contribution in [1.29, 1.82) is 0 Å². The quantitative estimate of drug-likeness (QED) is 0.139. The SMILES string of the molecule is CCCS(=O)(=O)Nc1cc(C(C)(C)C)cc(NC(=O)C(=O)c2ccc(OCCOCCOC)c3ccccc23)c1OC. The Morgan fingerprint density at radius 2 is 1.55 bits per heavy atom. The zero-order chi connectivity index (χ0) is 30.9. The van der Waals surface area contributed by atoms with Gasteiger partial charge in [-0.3, -0.25) is 14.3 Å². The fourth-order valence-corrected chi connectivity index (χ4v) is 5.42. The van der Waals surface area contributed by atoms with Crippen LogP contribution in [0.4, 0.5) is 11.4 Å². The Balaban J connectivity index is 1.92. The van der Waals surface area contributed by atoms with Crippen LogP contribution in [0.5, 0.6) is 11.5 Å². The first-order valence-electron chi connectivity index (χ1n) is 13.7. The molecule has 2 N–H and O–H groups in total. The second-order valence-electron chi connectivity index (χ2n) is 10.7. The fourth-order valence-electron chi connectivity index (χ4n) is 4.29. The van der Waals surface area contributed by atoms with Gasteiger partial charge in [-0.1, -0.05) is 52.0 Å². The number of hydrogen-bond donors (Lipinski definition) is 2. The number of methoxy groups -OCH3 is 2. The van der Waals surface area contributed by atoms with Crippen LogP contribution in [0.3, 0.4) is 0 Å². The molecule has 0 aliphatic rings. The van der Waals surface area contributed by atoms with Gasteiger partial charge in [0.1, 0.15) is 12.4 Å². The minimum atomic E-state index is -3.66. The van der Waals surface area contributed by atoms with E-state index in [1.807, 2.05) is 32.9 Å². The lowest BCUT2D eigenvalue weighted by atomic mass is 9.86. The number of sulfonamides is 1. The van der Waals surface area contributed by atoms with E-state index in [4.69, 9.17) is 18.9 Å². The monoisotopic (exact) mass is 600 g/mol. The largest absolute Gasteiger partial charge is 0.492 e. The van der Waals surface area contributed by atoms with E-state index in [9.17, 15) is 18.0 Å². The van der Waals surface area contributed by atoms with Gasteiger partial charge in [0.05, 0.1) is 44.1 Å². The van der Waals surface area contributed by atoms with Crippen LogP contribution >= 0.6 is 0 Å². The maximum Gasteiger partial charge on any atom is 0.296 e. The lowest BCUT2D eigenvalue weighted by molar-refractivity contribution is -0.112. The first-order valence-corrected chi connectivity index (χ1v) is 15.4. The second kappa shape index (κ2) is 14.5. The van der Waals surface area contributed by atoms with Gasteiger partial charge >= 0.3 is 0 Å². The van der Waals surface area contributed by atoms with Gasteiger partial charge in [0.25, 0.3) is 11.7 Å². The van der Waals surface area contributed by atoms with Crippen molar-refractivity contribution in [1.82, 2.24) is 0 Å². The average molecular weight is 601 g/mol. The van der Waals surface area contributed by atoms with Crippen molar-refractivity contribution >= 4 is 43.9 Å². The molecule has 0 radical (unpaired) electrons. The van der Waals surface area contributed by atoms with E-state index in [2.05, 4.69) is 10.0 Å². The van der Waals surface area contributed by atoms with Gasteiger partial charge in [0.15, 0.2) is 5.75 Å². The molecule has 0 aliphatic carbocycles. The van der Waals surface area contributed by atoms with Gasteiger partial charge in [-0.25, -0.2) is 8.42 Å². The summed E-state index contributed by atoms with van der Waals surface area (Å²) in [5.74, 6) is -1.08. The second-order valence-corrected chi connectivity index (χ2v) is 12.5. The van der Waals surface area contributed by atoms with Gasteiger partial charge in [-0.15, -0.1) is 0 Å². The first kappa shape index (κ1) is 32.8. The van der Waals surface area contributed by atoms with E-state index < -0.39 is 27.1 Å². The summed E-state index contributed by atoms with van der Waals surface area (Å²) in [6, 6.07) is 13.7. The molecule has 228 valence electrons. The minimum Gasteiger partial charge on any atom is -0.492 e. The number of fused-ring (bicyclic) bond motifs is 1. The summed E-state index contributed by atoms with van der Waals surface area (Å²) in [5, 5.41) is 3.89. The van der Waals surface area contributed by atoms with Crippen molar-refractivity contribution in [3.63, 3.8) is 0 Å². The van der Waals surface area contributed by atoms with E-state index in [0.29, 0.717) is 49.4 Å². The molecule has 0 fully saturated rings. The number of ether oxygens (including phenoxy) is 4. The Kier molecular flexibility index (Phi) is 11.3. The van der Waals surface area contributed by atoms with E-state index in [-0.39, 0.29) is 28.4 Å². The number of nitrogens with one attached hydrogen (secondary N) is 2. The number of carbonyl (C=O) groups is 2. The molecular formula is C31H40N2O8S. The topological polar surface area (TPSA) is 129 Å². The Morgan fingerprint density at radius 3 is 2.19 bits per heavy atom. The normalized spacial score (nSPS) is 11.8. The van der Waals surface area contributed by atoms with Crippen LogP contribution in [-0.4, -0.2) is 66.5 Å². The van der Waals surface area contributed by atoms with Crippen molar-refractivity contribution < 1.29 is 37.0 Å². The highest BCUT2D eigenvalue weighted by Crippen LogP contribution is 2.39. The summed E-state index contributed by atoms with van der Waals surface area (Å²) in [7, 11) is -0.688. The molecule has 0 unspecified atom stereocenters. The Labute approximate surface area is 247 Å². The molecule has 3 aromatic rings. The zero-order valence-corrected chi connectivity index (χ0v) is 25.9. The van der Waals surface area contributed by atoms with Crippen molar-refractivity contribution in [3.8, 4) is 11.5 Å². The lowest BCUT2D eigenvalue weighted by Crippen LogP contribution is -2.25. The van der Waals surface area contributed by atoms with E-state index >= 15 is 0 Å². The van der Waals surface area contributed by atoms with Gasteiger partial charge in [-0.2, -0.15) is 0 Å². The summed E-state index contributed by atoms with van der Waals surface area (Å²) in [4.78, 5) is 26.8. The average Bonchev–Trinajstić information content (AvgIpc) is 2.93. The van der Waals surface area contributed by atoms with Crippen molar-refractivity contribution in [2.24, 2.45) is 0 Å². The number of carbonyl (C=O) groups excluding carboxylic acids is 2. The Hall–Kier alpha value is -3.67.